The molecule has 0 aromatic heterocycles. The molecular formula is C26H33NO5. The van der Waals surface area contributed by atoms with Crippen molar-refractivity contribution in [1.82, 2.24) is 5.32 Å². The first-order chi connectivity index (χ1) is 15.4. The highest BCUT2D eigenvalue weighted by atomic mass is 16.5. The van der Waals surface area contributed by atoms with Gasteiger partial charge >= 0.3 is 11.9 Å². The lowest BCUT2D eigenvalue weighted by molar-refractivity contribution is -0.148. The summed E-state index contributed by atoms with van der Waals surface area (Å²) in [6, 6.07) is 18.0. The number of amides is 1. The second-order valence-electron chi connectivity index (χ2n) is 7.73. The zero-order valence-corrected chi connectivity index (χ0v) is 19.1. The average Bonchev–Trinajstić information content (AvgIpc) is 2.79. The third-order valence-corrected chi connectivity index (χ3v) is 5.10. The number of carbonyl (C=O) groups excluding carboxylic acids is 3. The van der Waals surface area contributed by atoms with E-state index in [1.165, 1.54) is 0 Å². The van der Waals surface area contributed by atoms with Crippen molar-refractivity contribution in [1.29, 1.82) is 0 Å². The van der Waals surface area contributed by atoms with E-state index in [2.05, 4.69) is 29.6 Å². The molecule has 1 amide bonds. The van der Waals surface area contributed by atoms with Crippen molar-refractivity contribution in [2.75, 3.05) is 13.2 Å². The van der Waals surface area contributed by atoms with Crippen LogP contribution in [0.25, 0.3) is 11.1 Å². The maximum Gasteiger partial charge on any atom is 0.308 e. The molecule has 0 spiro atoms. The van der Waals surface area contributed by atoms with Crippen LogP contribution in [0.15, 0.2) is 54.6 Å². The van der Waals surface area contributed by atoms with E-state index in [9.17, 15) is 14.4 Å². The number of hydrogen-bond acceptors (Lipinski definition) is 5. The standard InChI is InChI=1S/C26H33NO5/c1-4-31-25(29)16-15-24(28)27-23(17-19(3)26(30)32-5-2)18-20-11-13-22(14-12-20)21-9-7-6-8-10-21/h6-14,19,23H,4-5,15-18H2,1-3H3,(H,27,28)/t19-,23+/m1/s1. The average molecular weight is 440 g/mol. The van der Waals surface area contributed by atoms with Crippen molar-refractivity contribution in [3.05, 3.63) is 60.2 Å². The van der Waals surface area contributed by atoms with Crippen LogP contribution in [-0.4, -0.2) is 37.1 Å². The lowest BCUT2D eigenvalue weighted by Gasteiger charge is -2.22. The second-order valence-corrected chi connectivity index (χ2v) is 7.73. The van der Waals surface area contributed by atoms with Gasteiger partial charge in [0.05, 0.1) is 25.6 Å². The van der Waals surface area contributed by atoms with Gasteiger partial charge in [0.1, 0.15) is 0 Å². The van der Waals surface area contributed by atoms with Gasteiger partial charge in [-0.3, -0.25) is 14.4 Å². The molecule has 0 saturated heterocycles. The highest BCUT2D eigenvalue weighted by molar-refractivity contribution is 5.81. The Morgan fingerprint density at radius 2 is 1.47 bits per heavy atom. The molecule has 6 nitrogen and oxygen atoms in total. The smallest absolute Gasteiger partial charge is 0.308 e. The van der Waals surface area contributed by atoms with Gasteiger partial charge in [-0.2, -0.15) is 0 Å². The van der Waals surface area contributed by atoms with Gasteiger partial charge in [0.25, 0.3) is 0 Å². The van der Waals surface area contributed by atoms with E-state index in [-0.39, 0.29) is 36.7 Å². The SMILES string of the molecule is CCOC(=O)CCC(=O)N[C@H](Cc1ccc(-c2ccccc2)cc1)C[C@@H](C)C(=O)OCC. The molecule has 0 heterocycles. The fourth-order valence-electron chi connectivity index (χ4n) is 3.50. The molecule has 0 radical (unpaired) electrons. The van der Waals surface area contributed by atoms with Crippen molar-refractivity contribution in [2.24, 2.45) is 5.92 Å². The Hall–Kier alpha value is -3.15. The van der Waals surface area contributed by atoms with Crippen molar-refractivity contribution >= 4 is 17.8 Å². The topological polar surface area (TPSA) is 81.7 Å². The van der Waals surface area contributed by atoms with Crippen molar-refractivity contribution in [2.45, 2.75) is 52.5 Å². The maximum absolute atomic E-state index is 12.4. The van der Waals surface area contributed by atoms with Crippen molar-refractivity contribution in [3.8, 4) is 11.1 Å². The van der Waals surface area contributed by atoms with E-state index < -0.39 is 5.97 Å². The van der Waals surface area contributed by atoms with E-state index in [1.807, 2.05) is 30.3 Å². The summed E-state index contributed by atoms with van der Waals surface area (Å²) in [7, 11) is 0. The van der Waals surface area contributed by atoms with Gasteiger partial charge in [0.15, 0.2) is 0 Å². The molecule has 0 unspecified atom stereocenters. The molecule has 172 valence electrons. The number of carbonyl (C=O) groups is 3. The number of esters is 2. The predicted octanol–water partition coefficient (Wildman–Crippen LogP) is 4.31. The van der Waals surface area contributed by atoms with Crippen molar-refractivity contribution < 1.29 is 23.9 Å². The van der Waals surface area contributed by atoms with Crippen molar-refractivity contribution in [3.63, 3.8) is 0 Å². The summed E-state index contributed by atoms with van der Waals surface area (Å²) in [5.74, 6) is -1.26. The largest absolute Gasteiger partial charge is 0.466 e. The van der Waals surface area contributed by atoms with Gasteiger partial charge in [0.2, 0.25) is 5.91 Å². The van der Waals surface area contributed by atoms with Gasteiger partial charge in [-0.25, -0.2) is 0 Å². The molecule has 1 N–H and O–H groups in total. The summed E-state index contributed by atoms with van der Waals surface area (Å²) in [6.07, 6.45) is 1.11. The Morgan fingerprint density at radius 1 is 0.844 bits per heavy atom. The molecule has 32 heavy (non-hydrogen) atoms. The normalized spacial score (nSPS) is 12.5. The summed E-state index contributed by atoms with van der Waals surface area (Å²) in [6.45, 7) is 5.91. The Labute approximate surface area is 190 Å². The molecule has 0 bridgehead atoms. The third-order valence-electron chi connectivity index (χ3n) is 5.10. The Bertz CT molecular complexity index is 864. The van der Waals surface area contributed by atoms with Crippen LogP contribution in [0.2, 0.25) is 0 Å². The number of hydrogen-bond donors (Lipinski definition) is 1. The van der Waals surface area contributed by atoms with E-state index in [4.69, 9.17) is 9.47 Å². The molecule has 0 aliphatic carbocycles. The number of benzene rings is 2. The van der Waals surface area contributed by atoms with Crippen LogP contribution in [0.1, 0.15) is 45.6 Å². The zero-order chi connectivity index (χ0) is 23.3. The van der Waals surface area contributed by atoms with Gasteiger partial charge in [-0.05, 0) is 43.4 Å². The molecule has 0 fully saturated rings. The first-order valence-corrected chi connectivity index (χ1v) is 11.2. The fraction of sp³-hybridized carbons (Fsp3) is 0.423. The first kappa shape index (κ1) is 25.1. The minimum absolute atomic E-state index is 0.0333. The van der Waals surface area contributed by atoms with E-state index in [0.717, 1.165) is 16.7 Å². The second kappa shape index (κ2) is 13.3. The maximum atomic E-state index is 12.4. The minimum atomic E-state index is -0.393. The summed E-state index contributed by atoms with van der Waals surface area (Å²) in [5.41, 5.74) is 3.31. The lowest BCUT2D eigenvalue weighted by atomic mass is 9.94. The van der Waals surface area contributed by atoms with E-state index in [1.54, 1.807) is 20.8 Å². The van der Waals surface area contributed by atoms with Gasteiger partial charge in [-0.15, -0.1) is 0 Å². The third kappa shape index (κ3) is 8.53. The molecule has 0 aliphatic rings. The highest BCUT2D eigenvalue weighted by Crippen LogP contribution is 2.21. The Kier molecular flexibility index (Phi) is 10.4. The number of rotatable bonds is 12. The van der Waals surface area contributed by atoms with Crippen LogP contribution in [-0.2, 0) is 30.3 Å². The molecule has 0 saturated carbocycles. The van der Waals surface area contributed by atoms with Crippen LogP contribution in [0.3, 0.4) is 0 Å². The number of nitrogens with one attached hydrogen (secondary N) is 1. The quantitative estimate of drug-likeness (QED) is 0.498. The van der Waals surface area contributed by atoms with Crippen LogP contribution >= 0.6 is 0 Å². The molecule has 2 aromatic carbocycles. The highest BCUT2D eigenvalue weighted by Gasteiger charge is 2.22. The van der Waals surface area contributed by atoms with Gasteiger partial charge in [-0.1, -0.05) is 61.5 Å². The first-order valence-electron chi connectivity index (χ1n) is 11.2. The number of ether oxygens (including phenoxy) is 2. The van der Waals surface area contributed by atoms with Gasteiger partial charge in [0, 0.05) is 12.5 Å². The summed E-state index contributed by atoms with van der Waals surface area (Å²) >= 11 is 0. The lowest BCUT2D eigenvalue weighted by Crippen LogP contribution is -2.39. The molecular weight excluding hydrogens is 406 g/mol. The molecule has 2 aromatic rings. The summed E-state index contributed by atoms with van der Waals surface area (Å²) in [4.78, 5) is 36.1. The Balaban J connectivity index is 2.05. The van der Waals surface area contributed by atoms with Crippen LogP contribution in [0, 0.1) is 5.92 Å². The van der Waals surface area contributed by atoms with E-state index >= 15 is 0 Å². The van der Waals surface area contributed by atoms with Crippen LogP contribution in [0.4, 0.5) is 0 Å². The fourth-order valence-corrected chi connectivity index (χ4v) is 3.50. The minimum Gasteiger partial charge on any atom is -0.466 e. The molecule has 2 rings (SSSR count). The van der Waals surface area contributed by atoms with Crippen LogP contribution in [0.5, 0.6) is 0 Å². The summed E-state index contributed by atoms with van der Waals surface area (Å²) in [5, 5.41) is 2.98. The molecule has 0 aliphatic heterocycles. The van der Waals surface area contributed by atoms with E-state index in [0.29, 0.717) is 26.1 Å². The Morgan fingerprint density at radius 3 is 2.09 bits per heavy atom. The van der Waals surface area contributed by atoms with Crippen LogP contribution < -0.4 is 5.32 Å². The molecule has 2 atom stereocenters. The summed E-state index contributed by atoms with van der Waals surface area (Å²) < 4.78 is 10.0. The predicted molar refractivity (Wildman–Crippen MR) is 124 cm³/mol. The zero-order valence-electron chi connectivity index (χ0n) is 19.1. The van der Waals surface area contributed by atoms with Gasteiger partial charge < -0.3 is 14.8 Å². The molecule has 6 heteroatoms. The monoisotopic (exact) mass is 439 g/mol.